The number of rotatable bonds is 4. The van der Waals surface area contributed by atoms with Crippen molar-refractivity contribution >= 4 is 17.5 Å². The third-order valence-corrected chi connectivity index (χ3v) is 3.85. The van der Waals surface area contributed by atoms with Crippen LogP contribution in [0.2, 0.25) is 5.02 Å². The van der Waals surface area contributed by atoms with Gasteiger partial charge in [0.2, 0.25) is 5.91 Å². The van der Waals surface area contributed by atoms with Gasteiger partial charge in [0.05, 0.1) is 11.6 Å². The van der Waals surface area contributed by atoms with E-state index >= 15 is 0 Å². The van der Waals surface area contributed by atoms with E-state index in [0.29, 0.717) is 10.9 Å². The molecule has 0 heterocycles. The summed E-state index contributed by atoms with van der Waals surface area (Å²) in [4.78, 5) is 12.1. The predicted molar refractivity (Wildman–Crippen MR) is 73.3 cm³/mol. The van der Waals surface area contributed by atoms with E-state index in [1.807, 2.05) is 38.1 Å². The SMILES string of the molecule is CC(NC(=O)C(C)(N)C1CC1)c1cccc(Cl)c1. The molecule has 1 saturated carbocycles. The minimum atomic E-state index is -0.757. The molecule has 2 rings (SSSR count). The molecule has 0 aromatic heterocycles. The van der Waals surface area contributed by atoms with Gasteiger partial charge >= 0.3 is 0 Å². The van der Waals surface area contributed by atoms with Gasteiger partial charge in [0.1, 0.15) is 0 Å². The zero-order chi connectivity index (χ0) is 13.3. The van der Waals surface area contributed by atoms with Crippen LogP contribution < -0.4 is 11.1 Å². The van der Waals surface area contributed by atoms with Crippen LogP contribution in [0.3, 0.4) is 0 Å². The van der Waals surface area contributed by atoms with Crippen LogP contribution in [0.5, 0.6) is 0 Å². The second-order valence-corrected chi connectivity index (χ2v) is 5.74. The lowest BCUT2D eigenvalue weighted by atomic mass is 9.95. The standard InChI is InChI=1S/C14H19ClN2O/c1-9(10-4-3-5-12(15)8-10)17-13(18)14(2,16)11-6-7-11/h3-5,8-9,11H,6-7,16H2,1-2H3,(H,17,18). The average Bonchev–Trinajstić information content (AvgIpc) is 3.12. The molecular weight excluding hydrogens is 248 g/mol. The molecule has 98 valence electrons. The second kappa shape index (κ2) is 4.90. The minimum absolute atomic E-state index is 0.0853. The molecule has 0 radical (unpaired) electrons. The number of carbonyl (C=O) groups excluding carboxylic acids is 1. The van der Waals surface area contributed by atoms with Crippen LogP contribution in [-0.2, 0) is 4.79 Å². The molecule has 18 heavy (non-hydrogen) atoms. The Labute approximate surface area is 113 Å². The van der Waals surface area contributed by atoms with Crippen LogP contribution in [0.1, 0.15) is 38.3 Å². The van der Waals surface area contributed by atoms with Crippen molar-refractivity contribution in [1.29, 1.82) is 0 Å². The molecule has 1 amide bonds. The van der Waals surface area contributed by atoms with E-state index < -0.39 is 5.54 Å². The summed E-state index contributed by atoms with van der Waals surface area (Å²) in [6.45, 7) is 3.75. The summed E-state index contributed by atoms with van der Waals surface area (Å²) in [5.41, 5.74) is 6.31. The van der Waals surface area contributed by atoms with E-state index in [1.54, 1.807) is 0 Å². The Morgan fingerprint density at radius 3 is 2.78 bits per heavy atom. The van der Waals surface area contributed by atoms with Gasteiger partial charge in [0, 0.05) is 5.02 Å². The van der Waals surface area contributed by atoms with Gasteiger partial charge in [-0.1, -0.05) is 23.7 Å². The Balaban J connectivity index is 2.03. The molecule has 2 unspecified atom stereocenters. The Hall–Kier alpha value is -1.06. The van der Waals surface area contributed by atoms with Gasteiger partial charge in [0.25, 0.3) is 0 Å². The van der Waals surface area contributed by atoms with Crippen LogP contribution >= 0.6 is 11.6 Å². The molecule has 4 heteroatoms. The van der Waals surface area contributed by atoms with E-state index in [2.05, 4.69) is 5.32 Å². The largest absolute Gasteiger partial charge is 0.348 e. The van der Waals surface area contributed by atoms with Crippen LogP contribution in [0.15, 0.2) is 24.3 Å². The molecule has 2 atom stereocenters. The molecule has 0 bridgehead atoms. The molecule has 0 aliphatic heterocycles. The maximum Gasteiger partial charge on any atom is 0.240 e. The number of nitrogens with two attached hydrogens (primary N) is 1. The molecular formula is C14H19ClN2O. The van der Waals surface area contributed by atoms with E-state index in [-0.39, 0.29) is 11.9 Å². The number of benzene rings is 1. The molecule has 1 aromatic carbocycles. The quantitative estimate of drug-likeness (QED) is 0.880. The summed E-state index contributed by atoms with van der Waals surface area (Å²) in [6, 6.07) is 7.41. The van der Waals surface area contributed by atoms with Crippen LogP contribution in [0.4, 0.5) is 0 Å². The van der Waals surface area contributed by atoms with Crippen molar-refractivity contribution < 1.29 is 4.79 Å². The summed E-state index contributed by atoms with van der Waals surface area (Å²) in [5, 5.41) is 3.63. The Kier molecular flexibility index (Phi) is 3.64. The first kappa shape index (κ1) is 13.4. The molecule has 3 nitrogen and oxygen atoms in total. The van der Waals surface area contributed by atoms with Crippen molar-refractivity contribution in [2.24, 2.45) is 11.7 Å². The maximum atomic E-state index is 12.1. The topological polar surface area (TPSA) is 55.1 Å². The molecule has 1 aliphatic rings. The van der Waals surface area contributed by atoms with Crippen molar-refractivity contribution in [2.45, 2.75) is 38.3 Å². The highest BCUT2D eigenvalue weighted by Gasteiger charge is 2.44. The number of carbonyl (C=O) groups is 1. The van der Waals surface area contributed by atoms with Gasteiger partial charge in [0.15, 0.2) is 0 Å². The van der Waals surface area contributed by atoms with Gasteiger partial charge in [-0.15, -0.1) is 0 Å². The fourth-order valence-electron chi connectivity index (χ4n) is 2.08. The van der Waals surface area contributed by atoms with Crippen molar-refractivity contribution in [2.75, 3.05) is 0 Å². The van der Waals surface area contributed by atoms with E-state index in [0.717, 1.165) is 18.4 Å². The summed E-state index contributed by atoms with van der Waals surface area (Å²) in [7, 11) is 0. The zero-order valence-electron chi connectivity index (χ0n) is 10.7. The zero-order valence-corrected chi connectivity index (χ0v) is 11.5. The predicted octanol–water partition coefficient (Wildman–Crippen LogP) is 2.64. The minimum Gasteiger partial charge on any atom is -0.348 e. The highest BCUT2D eigenvalue weighted by Crippen LogP contribution is 2.38. The van der Waals surface area contributed by atoms with Gasteiger partial charge in [-0.05, 0) is 50.3 Å². The molecule has 1 aromatic rings. The Bertz CT molecular complexity index is 455. The summed E-state index contributed by atoms with van der Waals surface area (Å²) >= 11 is 5.94. The number of hydrogen-bond donors (Lipinski definition) is 2. The molecule has 1 aliphatic carbocycles. The fraction of sp³-hybridized carbons (Fsp3) is 0.500. The summed E-state index contributed by atoms with van der Waals surface area (Å²) in [5.74, 6) is 0.238. The van der Waals surface area contributed by atoms with Crippen molar-refractivity contribution in [3.63, 3.8) is 0 Å². The van der Waals surface area contributed by atoms with Crippen LogP contribution in [0.25, 0.3) is 0 Å². The smallest absolute Gasteiger partial charge is 0.240 e. The first-order chi connectivity index (χ1) is 8.41. The number of halogens is 1. The number of amides is 1. The number of hydrogen-bond acceptors (Lipinski definition) is 2. The summed E-state index contributed by atoms with van der Waals surface area (Å²) < 4.78 is 0. The van der Waals surface area contributed by atoms with E-state index in [4.69, 9.17) is 17.3 Å². The van der Waals surface area contributed by atoms with Gasteiger partial charge in [-0.3, -0.25) is 4.79 Å². The highest BCUT2D eigenvalue weighted by molar-refractivity contribution is 6.30. The molecule has 0 saturated heterocycles. The first-order valence-corrected chi connectivity index (χ1v) is 6.64. The normalized spacial score (nSPS) is 20.0. The lowest BCUT2D eigenvalue weighted by Crippen LogP contribution is -2.53. The lowest BCUT2D eigenvalue weighted by molar-refractivity contribution is -0.127. The highest BCUT2D eigenvalue weighted by atomic mass is 35.5. The van der Waals surface area contributed by atoms with Crippen molar-refractivity contribution in [3.8, 4) is 0 Å². The van der Waals surface area contributed by atoms with E-state index in [1.165, 1.54) is 0 Å². The molecule has 0 spiro atoms. The third-order valence-electron chi connectivity index (χ3n) is 3.61. The van der Waals surface area contributed by atoms with Crippen molar-refractivity contribution in [3.05, 3.63) is 34.9 Å². The van der Waals surface area contributed by atoms with E-state index in [9.17, 15) is 4.79 Å². The lowest BCUT2D eigenvalue weighted by Gasteiger charge is -2.26. The molecule has 1 fully saturated rings. The fourth-order valence-corrected chi connectivity index (χ4v) is 2.28. The second-order valence-electron chi connectivity index (χ2n) is 5.31. The monoisotopic (exact) mass is 266 g/mol. The first-order valence-electron chi connectivity index (χ1n) is 6.26. The Morgan fingerprint density at radius 2 is 2.22 bits per heavy atom. The Morgan fingerprint density at radius 1 is 1.56 bits per heavy atom. The van der Waals surface area contributed by atoms with Gasteiger partial charge < -0.3 is 11.1 Å². The molecule has 3 N–H and O–H groups in total. The average molecular weight is 267 g/mol. The van der Waals surface area contributed by atoms with Gasteiger partial charge in [-0.25, -0.2) is 0 Å². The third kappa shape index (κ3) is 2.85. The van der Waals surface area contributed by atoms with Crippen LogP contribution in [-0.4, -0.2) is 11.4 Å². The maximum absolute atomic E-state index is 12.1. The van der Waals surface area contributed by atoms with Gasteiger partial charge in [-0.2, -0.15) is 0 Å². The van der Waals surface area contributed by atoms with Crippen molar-refractivity contribution in [1.82, 2.24) is 5.32 Å². The van der Waals surface area contributed by atoms with Crippen LogP contribution in [0, 0.1) is 5.92 Å². The number of nitrogens with one attached hydrogen (secondary N) is 1. The summed E-state index contributed by atoms with van der Waals surface area (Å²) in [6.07, 6.45) is 2.10.